The summed E-state index contributed by atoms with van der Waals surface area (Å²) in [5, 5.41) is 5.76. The molecule has 2 N–H and O–H groups in total. The summed E-state index contributed by atoms with van der Waals surface area (Å²) in [5.74, 6) is 0. The molecule has 2 aliphatic rings. The van der Waals surface area contributed by atoms with Crippen molar-refractivity contribution in [2.45, 2.75) is 63.2 Å². The molecule has 0 aromatic rings. The number of urea groups is 1. The molecule has 0 aromatic heterocycles. The van der Waals surface area contributed by atoms with E-state index in [1.165, 1.54) is 17.7 Å². The maximum atomic E-state index is 12.3. The van der Waals surface area contributed by atoms with Gasteiger partial charge in [0.15, 0.2) is 0 Å². The lowest BCUT2D eigenvalue weighted by molar-refractivity contribution is -0.143. The molecule has 0 radical (unpaired) electrons. The van der Waals surface area contributed by atoms with Crippen molar-refractivity contribution in [1.29, 1.82) is 0 Å². The van der Waals surface area contributed by atoms with Gasteiger partial charge in [-0.25, -0.2) is 4.79 Å². The molecule has 122 valence electrons. The van der Waals surface area contributed by atoms with Gasteiger partial charge in [-0.3, -0.25) is 4.90 Å². The fraction of sp³-hybridized carbons (Fsp3) is 0.929. The predicted octanol–water partition coefficient (Wildman–Crippen LogP) is 2.65. The monoisotopic (exact) mass is 307 g/mol. The minimum Gasteiger partial charge on any atom is -0.335 e. The zero-order valence-corrected chi connectivity index (χ0v) is 12.2. The molecule has 7 heteroatoms. The molecule has 2 rings (SSSR count). The second-order valence-corrected chi connectivity index (χ2v) is 6.14. The second kappa shape index (κ2) is 7.33. The maximum Gasteiger partial charge on any atom is 0.401 e. The van der Waals surface area contributed by atoms with Gasteiger partial charge >= 0.3 is 12.2 Å². The van der Waals surface area contributed by atoms with E-state index < -0.39 is 12.7 Å². The van der Waals surface area contributed by atoms with E-state index in [9.17, 15) is 18.0 Å². The van der Waals surface area contributed by atoms with Gasteiger partial charge in [0, 0.05) is 25.2 Å². The van der Waals surface area contributed by atoms with Crippen LogP contribution in [0, 0.1) is 0 Å². The maximum absolute atomic E-state index is 12.3. The first kappa shape index (κ1) is 16.4. The second-order valence-electron chi connectivity index (χ2n) is 6.14. The van der Waals surface area contributed by atoms with Crippen LogP contribution in [0.15, 0.2) is 0 Å². The minimum atomic E-state index is -4.17. The van der Waals surface area contributed by atoms with Crippen LogP contribution in [-0.4, -0.2) is 48.8 Å². The first-order valence-electron chi connectivity index (χ1n) is 7.78. The number of rotatable bonds is 3. The number of hydrogen-bond donors (Lipinski definition) is 2. The Balaban J connectivity index is 1.68. The van der Waals surface area contributed by atoms with Crippen LogP contribution in [0.5, 0.6) is 0 Å². The summed E-state index contributed by atoms with van der Waals surface area (Å²) < 4.78 is 36.9. The van der Waals surface area contributed by atoms with E-state index >= 15 is 0 Å². The molecule has 0 unspecified atom stereocenters. The molecule has 1 saturated heterocycles. The smallest absolute Gasteiger partial charge is 0.335 e. The number of nitrogens with zero attached hydrogens (tertiary/aromatic N) is 1. The molecule has 1 aliphatic carbocycles. The molecule has 2 amide bonds. The minimum absolute atomic E-state index is 0.182. The quantitative estimate of drug-likeness (QED) is 0.787. The molecule has 4 nitrogen and oxygen atoms in total. The predicted molar refractivity (Wildman–Crippen MR) is 74.1 cm³/mol. The molecule has 1 saturated carbocycles. The number of likely N-dealkylation sites (tertiary alicyclic amines) is 1. The largest absolute Gasteiger partial charge is 0.401 e. The standard InChI is InChI=1S/C14H24F3N3O/c15-14(16,17)10-20-8-7-12(9-20)19-13(21)18-11-5-3-1-2-4-6-11/h11-12H,1-10H2,(H2,18,19,21)/t12-/m1/s1. The molecule has 0 spiro atoms. The van der Waals surface area contributed by atoms with Crippen molar-refractivity contribution in [2.24, 2.45) is 0 Å². The fourth-order valence-corrected chi connectivity index (χ4v) is 3.18. The topological polar surface area (TPSA) is 44.4 Å². The SMILES string of the molecule is O=C(NC1CCCCCC1)N[C@@H]1CCN(CC(F)(F)F)C1. The average Bonchev–Trinajstić information content (AvgIpc) is 2.62. The molecule has 1 heterocycles. The summed E-state index contributed by atoms with van der Waals surface area (Å²) in [7, 11) is 0. The summed E-state index contributed by atoms with van der Waals surface area (Å²) in [6, 6.07) is -0.209. The van der Waals surface area contributed by atoms with E-state index in [2.05, 4.69) is 10.6 Å². The molecule has 1 aliphatic heterocycles. The van der Waals surface area contributed by atoms with Crippen LogP contribution >= 0.6 is 0 Å². The van der Waals surface area contributed by atoms with Crippen LogP contribution in [0.2, 0.25) is 0 Å². The Labute approximate surface area is 123 Å². The van der Waals surface area contributed by atoms with E-state index in [1.807, 2.05) is 0 Å². The number of carbonyl (C=O) groups excluding carboxylic acids is 1. The number of carbonyl (C=O) groups is 1. The van der Waals surface area contributed by atoms with Crippen LogP contribution in [-0.2, 0) is 0 Å². The van der Waals surface area contributed by atoms with Crippen LogP contribution in [0.1, 0.15) is 44.9 Å². The average molecular weight is 307 g/mol. The summed E-state index contributed by atoms with van der Waals surface area (Å²) >= 11 is 0. The van der Waals surface area contributed by atoms with E-state index in [1.54, 1.807) is 0 Å². The lowest BCUT2D eigenvalue weighted by Gasteiger charge is -2.20. The van der Waals surface area contributed by atoms with Gasteiger partial charge in [0.25, 0.3) is 0 Å². The third-order valence-electron chi connectivity index (χ3n) is 4.20. The van der Waals surface area contributed by atoms with Crippen molar-refractivity contribution in [3.05, 3.63) is 0 Å². The summed E-state index contributed by atoms with van der Waals surface area (Å²) in [5.41, 5.74) is 0. The Morgan fingerprint density at radius 2 is 1.62 bits per heavy atom. The molecule has 0 aromatic carbocycles. The van der Waals surface area contributed by atoms with Crippen molar-refractivity contribution in [2.75, 3.05) is 19.6 Å². The third kappa shape index (κ3) is 6.11. The van der Waals surface area contributed by atoms with Gasteiger partial charge in [0.2, 0.25) is 0 Å². The van der Waals surface area contributed by atoms with Gasteiger partial charge in [0.1, 0.15) is 0 Å². The Morgan fingerprint density at radius 1 is 1.00 bits per heavy atom. The highest BCUT2D eigenvalue weighted by Crippen LogP contribution is 2.20. The number of halogens is 3. The number of amides is 2. The highest BCUT2D eigenvalue weighted by molar-refractivity contribution is 5.74. The lowest BCUT2D eigenvalue weighted by atomic mass is 10.1. The Kier molecular flexibility index (Phi) is 5.72. The summed E-state index contributed by atoms with van der Waals surface area (Å²) in [6.45, 7) is -0.235. The van der Waals surface area contributed by atoms with Crippen molar-refractivity contribution in [3.8, 4) is 0 Å². The van der Waals surface area contributed by atoms with Crippen molar-refractivity contribution in [3.63, 3.8) is 0 Å². The van der Waals surface area contributed by atoms with Gasteiger partial charge in [-0.2, -0.15) is 13.2 Å². The van der Waals surface area contributed by atoms with Crippen LogP contribution in [0.25, 0.3) is 0 Å². The van der Waals surface area contributed by atoms with Gasteiger partial charge in [-0.05, 0) is 19.3 Å². The fourth-order valence-electron chi connectivity index (χ4n) is 3.18. The zero-order chi connectivity index (χ0) is 15.3. The highest BCUT2D eigenvalue weighted by atomic mass is 19.4. The summed E-state index contributed by atoms with van der Waals surface area (Å²) in [4.78, 5) is 13.3. The molecule has 0 bridgehead atoms. The molecular weight excluding hydrogens is 283 g/mol. The van der Waals surface area contributed by atoms with Crippen LogP contribution in [0.4, 0.5) is 18.0 Å². The van der Waals surface area contributed by atoms with Crippen LogP contribution < -0.4 is 10.6 Å². The van der Waals surface area contributed by atoms with Gasteiger partial charge in [0.05, 0.1) is 6.54 Å². The Hall–Kier alpha value is -0.980. The van der Waals surface area contributed by atoms with E-state index in [4.69, 9.17) is 0 Å². The first-order chi connectivity index (χ1) is 9.92. The Morgan fingerprint density at radius 3 is 2.24 bits per heavy atom. The van der Waals surface area contributed by atoms with Crippen molar-refractivity contribution in [1.82, 2.24) is 15.5 Å². The van der Waals surface area contributed by atoms with Gasteiger partial charge in [-0.1, -0.05) is 25.7 Å². The highest BCUT2D eigenvalue weighted by Gasteiger charge is 2.34. The molecule has 2 fully saturated rings. The Bertz CT molecular complexity index is 341. The van der Waals surface area contributed by atoms with Gasteiger partial charge < -0.3 is 10.6 Å². The zero-order valence-electron chi connectivity index (χ0n) is 12.2. The number of hydrogen-bond acceptors (Lipinski definition) is 2. The van der Waals surface area contributed by atoms with Crippen molar-refractivity contribution >= 4 is 6.03 Å². The van der Waals surface area contributed by atoms with Crippen molar-refractivity contribution < 1.29 is 18.0 Å². The third-order valence-corrected chi connectivity index (χ3v) is 4.20. The number of alkyl halides is 3. The first-order valence-corrected chi connectivity index (χ1v) is 7.78. The number of nitrogens with one attached hydrogen (secondary N) is 2. The molecule has 1 atom stereocenters. The van der Waals surface area contributed by atoms with E-state index in [0.29, 0.717) is 13.0 Å². The normalized spacial score (nSPS) is 25.6. The van der Waals surface area contributed by atoms with E-state index in [-0.39, 0.29) is 24.7 Å². The van der Waals surface area contributed by atoms with E-state index in [0.717, 1.165) is 25.7 Å². The molecular formula is C14H24F3N3O. The molecule has 21 heavy (non-hydrogen) atoms. The van der Waals surface area contributed by atoms with Crippen LogP contribution in [0.3, 0.4) is 0 Å². The lowest BCUT2D eigenvalue weighted by Crippen LogP contribution is -2.47. The van der Waals surface area contributed by atoms with Gasteiger partial charge in [-0.15, -0.1) is 0 Å². The summed E-state index contributed by atoms with van der Waals surface area (Å²) in [6.07, 6.45) is 3.10.